The third kappa shape index (κ3) is 3.76. The van der Waals surface area contributed by atoms with Gasteiger partial charge in [0.05, 0.1) is 6.21 Å². The topological polar surface area (TPSA) is 41.5 Å². The van der Waals surface area contributed by atoms with Gasteiger partial charge in [0.1, 0.15) is 0 Å². The van der Waals surface area contributed by atoms with Crippen LogP contribution in [0, 0.1) is 6.92 Å². The van der Waals surface area contributed by atoms with Crippen molar-refractivity contribution in [1.82, 2.24) is 5.43 Å². The Morgan fingerprint density at radius 2 is 2.00 bits per heavy atom. The number of aryl methyl sites for hydroxylation is 1. The van der Waals surface area contributed by atoms with Crippen LogP contribution in [0.25, 0.3) is 0 Å². The number of nitrogens with one attached hydrogen (secondary N) is 1. The summed E-state index contributed by atoms with van der Waals surface area (Å²) in [5.41, 5.74) is 5.17. The number of halogens is 1. The van der Waals surface area contributed by atoms with E-state index in [2.05, 4.69) is 26.5 Å². The smallest absolute Gasteiger partial charge is 0.267 e. The molecule has 0 radical (unpaired) electrons. The van der Waals surface area contributed by atoms with Crippen molar-refractivity contribution < 1.29 is 4.79 Å². The molecule has 2 rings (SSSR count). The third-order valence-electron chi connectivity index (χ3n) is 2.64. The number of hydrazone groups is 1. The van der Waals surface area contributed by atoms with Crippen LogP contribution in [0.5, 0.6) is 0 Å². The van der Waals surface area contributed by atoms with Crippen LogP contribution >= 0.6 is 15.9 Å². The first-order valence-electron chi connectivity index (χ1n) is 5.81. The number of hydrogen-bond donors (Lipinski definition) is 1. The zero-order valence-electron chi connectivity index (χ0n) is 10.4. The number of amides is 1. The van der Waals surface area contributed by atoms with E-state index in [9.17, 15) is 4.79 Å². The monoisotopic (exact) mass is 316 g/mol. The molecule has 0 aromatic heterocycles. The lowest BCUT2D eigenvalue weighted by molar-refractivity contribution is 0.0955. The van der Waals surface area contributed by atoms with Crippen LogP contribution in [-0.4, -0.2) is 12.1 Å². The Labute approximate surface area is 120 Å². The second-order valence-corrected chi connectivity index (χ2v) is 4.98. The SMILES string of the molecule is Cc1ccccc1C=NNC(=O)c1cccc(Br)c1. The molecule has 0 saturated carbocycles. The van der Waals surface area contributed by atoms with Gasteiger partial charge in [-0.3, -0.25) is 4.79 Å². The van der Waals surface area contributed by atoms with Gasteiger partial charge in [-0.1, -0.05) is 46.3 Å². The minimum atomic E-state index is -0.230. The van der Waals surface area contributed by atoms with Gasteiger partial charge in [-0.25, -0.2) is 5.43 Å². The Hall–Kier alpha value is -1.94. The number of benzene rings is 2. The van der Waals surface area contributed by atoms with E-state index in [4.69, 9.17) is 0 Å². The molecule has 0 saturated heterocycles. The van der Waals surface area contributed by atoms with Crippen molar-refractivity contribution in [3.8, 4) is 0 Å². The molecule has 0 aliphatic heterocycles. The lowest BCUT2D eigenvalue weighted by atomic mass is 10.1. The zero-order chi connectivity index (χ0) is 13.7. The fourth-order valence-corrected chi connectivity index (χ4v) is 1.99. The summed E-state index contributed by atoms with van der Waals surface area (Å²) in [5.74, 6) is -0.230. The van der Waals surface area contributed by atoms with Crippen molar-refractivity contribution in [2.75, 3.05) is 0 Å². The van der Waals surface area contributed by atoms with E-state index in [0.717, 1.165) is 15.6 Å². The first-order chi connectivity index (χ1) is 9.16. The Morgan fingerprint density at radius 1 is 1.21 bits per heavy atom. The number of rotatable bonds is 3. The number of nitrogens with zero attached hydrogens (tertiary/aromatic N) is 1. The molecule has 0 bridgehead atoms. The normalized spacial score (nSPS) is 10.6. The highest BCUT2D eigenvalue weighted by Gasteiger charge is 2.03. The fraction of sp³-hybridized carbons (Fsp3) is 0.0667. The number of carbonyl (C=O) groups is 1. The van der Waals surface area contributed by atoms with Crippen molar-refractivity contribution in [2.24, 2.45) is 5.10 Å². The van der Waals surface area contributed by atoms with E-state index < -0.39 is 0 Å². The van der Waals surface area contributed by atoms with Gasteiger partial charge in [0.25, 0.3) is 5.91 Å². The van der Waals surface area contributed by atoms with E-state index in [0.29, 0.717) is 5.56 Å². The second-order valence-electron chi connectivity index (χ2n) is 4.07. The Morgan fingerprint density at radius 3 is 2.74 bits per heavy atom. The molecular formula is C15H13BrN2O. The third-order valence-corrected chi connectivity index (χ3v) is 3.14. The maximum absolute atomic E-state index is 11.8. The molecule has 19 heavy (non-hydrogen) atoms. The van der Waals surface area contributed by atoms with E-state index in [1.165, 1.54) is 0 Å². The zero-order valence-corrected chi connectivity index (χ0v) is 12.0. The van der Waals surface area contributed by atoms with E-state index in [1.54, 1.807) is 18.3 Å². The molecule has 0 aliphatic carbocycles. The molecule has 3 nitrogen and oxygen atoms in total. The van der Waals surface area contributed by atoms with Crippen molar-refractivity contribution >= 4 is 28.1 Å². The summed E-state index contributed by atoms with van der Waals surface area (Å²) in [6, 6.07) is 15.0. The van der Waals surface area contributed by atoms with E-state index in [-0.39, 0.29) is 5.91 Å². The van der Waals surface area contributed by atoms with Gasteiger partial charge in [0, 0.05) is 10.0 Å². The van der Waals surface area contributed by atoms with Gasteiger partial charge in [-0.15, -0.1) is 0 Å². The second kappa shape index (κ2) is 6.29. The molecule has 0 atom stereocenters. The maximum Gasteiger partial charge on any atom is 0.271 e. The van der Waals surface area contributed by atoms with Crippen molar-refractivity contribution in [3.63, 3.8) is 0 Å². The van der Waals surface area contributed by atoms with Gasteiger partial charge in [-0.2, -0.15) is 5.10 Å². The highest BCUT2D eigenvalue weighted by molar-refractivity contribution is 9.10. The lowest BCUT2D eigenvalue weighted by Gasteiger charge is -2.01. The Bertz CT molecular complexity index is 623. The van der Waals surface area contributed by atoms with E-state index in [1.807, 2.05) is 43.3 Å². The van der Waals surface area contributed by atoms with Crippen LogP contribution < -0.4 is 5.43 Å². The van der Waals surface area contributed by atoms with Crippen molar-refractivity contribution in [3.05, 3.63) is 69.7 Å². The van der Waals surface area contributed by atoms with Crippen molar-refractivity contribution in [1.29, 1.82) is 0 Å². The quantitative estimate of drug-likeness (QED) is 0.683. The van der Waals surface area contributed by atoms with Gasteiger partial charge >= 0.3 is 0 Å². The van der Waals surface area contributed by atoms with Gasteiger partial charge in [0.15, 0.2) is 0 Å². The Balaban J connectivity index is 2.03. The average Bonchev–Trinajstić information content (AvgIpc) is 2.41. The van der Waals surface area contributed by atoms with Crippen LogP contribution in [-0.2, 0) is 0 Å². The van der Waals surface area contributed by atoms with Crippen LogP contribution in [0.3, 0.4) is 0 Å². The molecule has 2 aromatic carbocycles. The summed E-state index contributed by atoms with van der Waals surface area (Å²) >= 11 is 3.33. The molecule has 0 unspecified atom stereocenters. The highest BCUT2D eigenvalue weighted by Crippen LogP contribution is 2.11. The molecule has 0 spiro atoms. The molecule has 0 heterocycles. The molecule has 2 aromatic rings. The minimum Gasteiger partial charge on any atom is -0.267 e. The van der Waals surface area contributed by atoms with Crippen LogP contribution in [0.4, 0.5) is 0 Å². The van der Waals surface area contributed by atoms with Gasteiger partial charge in [0.2, 0.25) is 0 Å². The lowest BCUT2D eigenvalue weighted by Crippen LogP contribution is -2.17. The fourth-order valence-electron chi connectivity index (χ4n) is 1.59. The van der Waals surface area contributed by atoms with Crippen LogP contribution in [0.2, 0.25) is 0 Å². The first kappa shape index (κ1) is 13.5. The summed E-state index contributed by atoms with van der Waals surface area (Å²) in [7, 11) is 0. The van der Waals surface area contributed by atoms with Crippen LogP contribution in [0.15, 0.2) is 58.1 Å². The molecule has 1 N–H and O–H groups in total. The van der Waals surface area contributed by atoms with E-state index >= 15 is 0 Å². The minimum absolute atomic E-state index is 0.230. The number of hydrogen-bond acceptors (Lipinski definition) is 2. The van der Waals surface area contributed by atoms with Crippen molar-refractivity contribution in [2.45, 2.75) is 6.92 Å². The summed E-state index contributed by atoms with van der Waals surface area (Å²) in [6.07, 6.45) is 1.64. The molecule has 4 heteroatoms. The first-order valence-corrected chi connectivity index (χ1v) is 6.61. The van der Waals surface area contributed by atoms with Gasteiger partial charge in [-0.05, 0) is 36.2 Å². The number of carbonyl (C=O) groups excluding carboxylic acids is 1. The molecule has 0 aliphatic rings. The molecule has 0 fully saturated rings. The standard InChI is InChI=1S/C15H13BrN2O/c1-11-5-2-3-6-13(11)10-17-18-15(19)12-7-4-8-14(16)9-12/h2-10H,1H3,(H,18,19). The summed E-state index contributed by atoms with van der Waals surface area (Å²) < 4.78 is 0.864. The summed E-state index contributed by atoms with van der Waals surface area (Å²) in [4.78, 5) is 11.8. The average molecular weight is 317 g/mol. The molecule has 1 amide bonds. The molecule has 96 valence electrons. The largest absolute Gasteiger partial charge is 0.271 e. The predicted octanol–water partition coefficient (Wildman–Crippen LogP) is 3.52. The maximum atomic E-state index is 11.8. The van der Waals surface area contributed by atoms with Crippen LogP contribution in [0.1, 0.15) is 21.5 Å². The predicted molar refractivity (Wildman–Crippen MR) is 80.4 cm³/mol. The molecular weight excluding hydrogens is 304 g/mol. The summed E-state index contributed by atoms with van der Waals surface area (Å²) in [5, 5.41) is 3.97. The van der Waals surface area contributed by atoms with Gasteiger partial charge < -0.3 is 0 Å². The summed E-state index contributed by atoms with van der Waals surface area (Å²) in [6.45, 7) is 2.00. The Kier molecular flexibility index (Phi) is 4.47. The highest BCUT2D eigenvalue weighted by atomic mass is 79.9.